The topological polar surface area (TPSA) is 37.4 Å². The normalized spacial score (nSPS) is 15.9. The maximum Gasteiger partial charge on any atom is 0.254 e. The lowest BCUT2D eigenvalue weighted by atomic mass is 9.98. The number of Topliss-reactive ketones (excluding diaryl/α,β-unsaturated/α-hetero) is 1. The third-order valence-corrected chi connectivity index (χ3v) is 3.50. The fourth-order valence-electron chi connectivity index (χ4n) is 2.63. The van der Waals surface area contributed by atoms with E-state index in [0.717, 1.165) is 16.7 Å². The van der Waals surface area contributed by atoms with Crippen LogP contribution in [-0.4, -0.2) is 29.7 Å². The van der Waals surface area contributed by atoms with Gasteiger partial charge in [0.1, 0.15) is 5.78 Å². The molecule has 1 amide bonds. The van der Waals surface area contributed by atoms with E-state index in [1.807, 2.05) is 32.9 Å². The third-order valence-electron chi connectivity index (χ3n) is 3.50. The zero-order valence-electron chi connectivity index (χ0n) is 11.2. The summed E-state index contributed by atoms with van der Waals surface area (Å²) in [5, 5.41) is 0. The lowest BCUT2D eigenvalue weighted by molar-refractivity contribution is -0.120. The highest BCUT2D eigenvalue weighted by Crippen LogP contribution is 2.20. The van der Waals surface area contributed by atoms with Gasteiger partial charge in [0.2, 0.25) is 0 Å². The van der Waals surface area contributed by atoms with Crippen LogP contribution in [0.25, 0.3) is 0 Å². The Morgan fingerprint density at radius 3 is 2.06 bits per heavy atom. The Labute approximate surface area is 108 Å². The second-order valence-electron chi connectivity index (χ2n) is 5.10. The van der Waals surface area contributed by atoms with Crippen LogP contribution in [0.15, 0.2) is 12.1 Å². The van der Waals surface area contributed by atoms with Crippen molar-refractivity contribution in [3.8, 4) is 0 Å². The van der Waals surface area contributed by atoms with Crippen LogP contribution in [0, 0.1) is 20.8 Å². The van der Waals surface area contributed by atoms with E-state index in [-0.39, 0.29) is 11.7 Å². The van der Waals surface area contributed by atoms with E-state index in [2.05, 4.69) is 0 Å². The molecule has 0 radical (unpaired) electrons. The van der Waals surface area contributed by atoms with Gasteiger partial charge in [-0.3, -0.25) is 9.59 Å². The molecule has 0 N–H and O–H groups in total. The number of ketones is 1. The van der Waals surface area contributed by atoms with E-state index in [4.69, 9.17) is 0 Å². The predicted molar refractivity (Wildman–Crippen MR) is 70.8 cm³/mol. The van der Waals surface area contributed by atoms with Crippen LogP contribution in [-0.2, 0) is 4.79 Å². The minimum atomic E-state index is 0.0671. The van der Waals surface area contributed by atoms with E-state index in [9.17, 15) is 9.59 Å². The van der Waals surface area contributed by atoms with E-state index in [0.29, 0.717) is 25.9 Å². The zero-order chi connectivity index (χ0) is 13.3. The van der Waals surface area contributed by atoms with Gasteiger partial charge in [-0.1, -0.05) is 17.7 Å². The van der Waals surface area contributed by atoms with Gasteiger partial charge in [0.05, 0.1) is 0 Å². The second-order valence-corrected chi connectivity index (χ2v) is 5.10. The van der Waals surface area contributed by atoms with Crippen LogP contribution in [0.4, 0.5) is 0 Å². The Kier molecular flexibility index (Phi) is 3.50. The molecular formula is C15H19NO2. The summed E-state index contributed by atoms with van der Waals surface area (Å²) < 4.78 is 0. The molecular weight excluding hydrogens is 226 g/mol. The van der Waals surface area contributed by atoms with E-state index < -0.39 is 0 Å². The summed E-state index contributed by atoms with van der Waals surface area (Å²) in [5.74, 6) is 0.328. The summed E-state index contributed by atoms with van der Waals surface area (Å²) in [7, 11) is 0. The summed E-state index contributed by atoms with van der Waals surface area (Å²) >= 11 is 0. The van der Waals surface area contributed by atoms with Gasteiger partial charge in [-0.05, 0) is 31.9 Å². The first-order valence-corrected chi connectivity index (χ1v) is 6.38. The van der Waals surface area contributed by atoms with Crippen LogP contribution in [0.1, 0.15) is 39.9 Å². The first-order chi connectivity index (χ1) is 8.49. The monoisotopic (exact) mass is 245 g/mol. The number of hydrogen-bond acceptors (Lipinski definition) is 2. The second kappa shape index (κ2) is 4.92. The number of piperidine rings is 1. The molecule has 0 spiro atoms. The molecule has 0 bridgehead atoms. The van der Waals surface area contributed by atoms with E-state index >= 15 is 0 Å². The number of carbonyl (C=O) groups is 2. The van der Waals surface area contributed by atoms with Crippen molar-refractivity contribution < 1.29 is 9.59 Å². The van der Waals surface area contributed by atoms with E-state index in [1.54, 1.807) is 4.90 Å². The number of rotatable bonds is 1. The van der Waals surface area contributed by atoms with Crippen molar-refractivity contribution in [1.82, 2.24) is 4.90 Å². The number of likely N-dealkylation sites (tertiary alicyclic amines) is 1. The molecule has 1 saturated heterocycles. The summed E-state index contributed by atoms with van der Waals surface area (Å²) in [6, 6.07) is 4.07. The maximum absolute atomic E-state index is 12.5. The first-order valence-electron chi connectivity index (χ1n) is 6.38. The number of carbonyl (C=O) groups excluding carboxylic acids is 2. The van der Waals surface area contributed by atoms with Crippen molar-refractivity contribution in [1.29, 1.82) is 0 Å². The molecule has 0 atom stereocenters. The average Bonchev–Trinajstić information content (AvgIpc) is 2.28. The Morgan fingerprint density at radius 1 is 1.06 bits per heavy atom. The SMILES string of the molecule is Cc1cc(C)c(C(=O)N2CCC(=O)CC2)c(C)c1. The van der Waals surface area contributed by atoms with Crippen LogP contribution in [0.5, 0.6) is 0 Å². The fourth-order valence-corrected chi connectivity index (χ4v) is 2.63. The summed E-state index contributed by atoms with van der Waals surface area (Å²) in [5.41, 5.74) is 4.02. The average molecular weight is 245 g/mol. The number of hydrogen-bond donors (Lipinski definition) is 0. The van der Waals surface area contributed by atoms with Gasteiger partial charge in [0.25, 0.3) is 5.91 Å². The molecule has 18 heavy (non-hydrogen) atoms. The van der Waals surface area contributed by atoms with Crippen molar-refractivity contribution >= 4 is 11.7 Å². The van der Waals surface area contributed by atoms with Gasteiger partial charge >= 0.3 is 0 Å². The van der Waals surface area contributed by atoms with Crippen LogP contribution >= 0.6 is 0 Å². The molecule has 0 aliphatic carbocycles. The molecule has 1 fully saturated rings. The molecule has 3 heteroatoms. The van der Waals surface area contributed by atoms with Crippen molar-refractivity contribution in [3.05, 3.63) is 34.4 Å². The fraction of sp³-hybridized carbons (Fsp3) is 0.467. The number of aryl methyl sites for hydroxylation is 3. The Hall–Kier alpha value is -1.64. The quantitative estimate of drug-likeness (QED) is 0.762. The summed E-state index contributed by atoms with van der Waals surface area (Å²) in [6.07, 6.45) is 0.991. The van der Waals surface area contributed by atoms with E-state index in [1.165, 1.54) is 5.56 Å². The molecule has 96 valence electrons. The molecule has 0 unspecified atom stereocenters. The van der Waals surface area contributed by atoms with Crippen LogP contribution in [0.2, 0.25) is 0 Å². The number of nitrogens with zero attached hydrogens (tertiary/aromatic N) is 1. The summed E-state index contributed by atoms with van der Waals surface area (Å²) in [4.78, 5) is 25.5. The van der Waals surface area contributed by atoms with Crippen LogP contribution < -0.4 is 0 Å². The molecule has 0 saturated carbocycles. The minimum absolute atomic E-state index is 0.0671. The molecule has 1 heterocycles. The van der Waals surface area contributed by atoms with Gasteiger partial charge in [-0.25, -0.2) is 0 Å². The highest BCUT2D eigenvalue weighted by Gasteiger charge is 2.24. The maximum atomic E-state index is 12.5. The lowest BCUT2D eigenvalue weighted by Crippen LogP contribution is -2.39. The Morgan fingerprint density at radius 2 is 1.56 bits per heavy atom. The Balaban J connectivity index is 2.26. The minimum Gasteiger partial charge on any atom is -0.338 e. The van der Waals surface area contributed by atoms with Gasteiger partial charge in [-0.2, -0.15) is 0 Å². The standard InChI is InChI=1S/C15H19NO2/c1-10-8-11(2)14(12(3)9-10)15(18)16-6-4-13(17)5-7-16/h8-9H,4-7H2,1-3H3. The highest BCUT2D eigenvalue weighted by atomic mass is 16.2. The van der Waals surface area contributed by atoms with Crippen molar-refractivity contribution in [2.24, 2.45) is 0 Å². The molecule has 2 rings (SSSR count). The molecule has 1 aromatic carbocycles. The van der Waals surface area contributed by atoms with Crippen LogP contribution in [0.3, 0.4) is 0 Å². The molecule has 1 aliphatic rings. The smallest absolute Gasteiger partial charge is 0.254 e. The molecule has 0 aromatic heterocycles. The number of benzene rings is 1. The number of amides is 1. The lowest BCUT2D eigenvalue weighted by Gasteiger charge is -2.27. The molecule has 1 aromatic rings. The van der Waals surface area contributed by atoms with Gasteiger partial charge in [0, 0.05) is 31.5 Å². The van der Waals surface area contributed by atoms with Crippen molar-refractivity contribution in [2.75, 3.05) is 13.1 Å². The third kappa shape index (κ3) is 2.45. The largest absolute Gasteiger partial charge is 0.338 e. The van der Waals surface area contributed by atoms with Crippen molar-refractivity contribution in [2.45, 2.75) is 33.6 Å². The molecule has 1 aliphatic heterocycles. The van der Waals surface area contributed by atoms with Gasteiger partial charge < -0.3 is 4.90 Å². The van der Waals surface area contributed by atoms with Gasteiger partial charge in [0.15, 0.2) is 0 Å². The first kappa shape index (κ1) is 12.8. The summed E-state index contributed by atoms with van der Waals surface area (Å²) in [6.45, 7) is 7.10. The predicted octanol–water partition coefficient (Wildman–Crippen LogP) is 2.42. The zero-order valence-corrected chi connectivity index (χ0v) is 11.2. The van der Waals surface area contributed by atoms with Gasteiger partial charge in [-0.15, -0.1) is 0 Å². The highest BCUT2D eigenvalue weighted by molar-refractivity contribution is 5.98. The molecule has 3 nitrogen and oxygen atoms in total. The van der Waals surface area contributed by atoms with Crippen molar-refractivity contribution in [3.63, 3.8) is 0 Å². The Bertz CT molecular complexity index is 472.